The summed E-state index contributed by atoms with van der Waals surface area (Å²) in [4.78, 5) is 0. The Morgan fingerprint density at radius 1 is 1.11 bits per heavy atom. The van der Waals surface area contributed by atoms with E-state index < -0.39 is 5.54 Å². The van der Waals surface area contributed by atoms with Crippen molar-refractivity contribution in [1.29, 1.82) is 0 Å². The highest BCUT2D eigenvalue weighted by Gasteiger charge is 2.24. The lowest BCUT2D eigenvalue weighted by molar-refractivity contribution is 0.486. The predicted molar refractivity (Wildman–Crippen MR) is 77.6 cm³/mol. The molecule has 0 heterocycles. The van der Waals surface area contributed by atoms with E-state index in [4.69, 9.17) is 5.73 Å². The van der Waals surface area contributed by atoms with Crippen molar-refractivity contribution in [2.24, 2.45) is 5.73 Å². The van der Waals surface area contributed by atoms with Gasteiger partial charge in [0.15, 0.2) is 0 Å². The third-order valence-electron chi connectivity index (χ3n) is 3.68. The van der Waals surface area contributed by atoms with E-state index in [0.29, 0.717) is 6.42 Å². The largest absolute Gasteiger partial charge is 0.321 e. The minimum atomic E-state index is -0.496. The SMILES string of the molecule is Cc1cccc(C(C)(N)Cc2cccc(F)c2)c1C. The van der Waals surface area contributed by atoms with Crippen molar-refractivity contribution in [2.45, 2.75) is 32.7 Å². The van der Waals surface area contributed by atoms with E-state index in [2.05, 4.69) is 26.0 Å². The number of nitrogens with two attached hydrogens (primary N) is 1. The molecule has 100 valence electrons. The molecule has 0 radical (unpaired) electrons. The van der Waals surface area contributed by atoms with Crippen molar-refractivity contribution >= 4 is 0 Å². The predicted octanol–water partition coefficient (Wildman–Crippen LogP) is 3.86. The van der Waals surface area contributed by atoms with E-state index in [0.717, 1.165) is 11.1 Å². The fourth-order valence-corrected chi connectivity index (χ4v) is 2.54. The minimum absolute atomic E-state index is 0.214. The molecule has 19 heavy (non-hydrogen) atoms. The molecule has 2 aromatic carbocycles. The fraction of sp³-hybridized carbons (Fsp3) is 0.294. The standard InChI is InChI=1S/C17H20FN/c1-12-6-4-9-16(13(12)2)17(3,19)11-14-7-5-8-15(18)10-14/h4-10H,11,19H2,1-3H3. The molecule has 0 bridgehead atoms. The number of halogens is 1. The van der Waals surface area contributed by atoms with Crippen LogP contribution in [0.5, 0.6) is 0 Å². The van der Waals surface area contributed by atoms with Gasteiger partial charge in [-0.05, 0) is 61.6 Å². The van der Waals surface area contributed by atoms with Crippen molar-refractivity contribution in [3.63, 3.8) is 0 Å². The van der Waals surface area contributed by atoms with Crippen LogP contribution in [0, 0.1) is 19.7 Å². The molecule has 1 atom stereocenters. The third kappa shape index (κ3) is 3.02. The lowest BCUT2D eigenvalue weighted by Crippen LogP contribution is -2.36. The molecule has 0 spiro atoms. The smallest absolute Gasteiger partial charge is 0.123 e. The third-order valence-corrected chi connectivity index (χ3v) is 3.68. The lowest BCUT2D eigenvalue weighted by Gasteiger charge is -2.28. The van der Waals surface area contributed by atoms with Gasteiger partial charge in [0.05, 0.1) is 0 Å². The highest BCUT2D eigenvalue weighted by Crippen LogP contribution is 2.27. The van der Waals surface area contributed by atoms with Gasteiger partial charge >= 0.3 is 0 Å². The Labute approximate surface area is 114 Å². The van der Waals surface area contributed by atoms with Gasteiger partial charge in [-0.1, -0.05) is 30.3 Å². The summed E-state index contributed by atoms with van der Waals surface area (Å²) < 4.78 is 13.2. The molecule has 0 amide bonds. The summed E-state index contributed by atoms with van der Waals surface area (Å²) in [6, 6.07) is 12.8. The summed E-state index contributed by atoms with van der Waals surface area (Å²) in [6.07, 6.45) is 0.620. The summed E-state index contributed by atoms with van der Waals surface area (Å²) in [5.41, 5.74) is 10.5. The minimum Gasteiger partial charge on any atom is -0.321 e. The first kappa shape index (κ1) is 13.8. The van der Waals surface area contributed by atoms with E-state index >= 15 is 0 Å². The van der Waals surface area contributed by atoms with E-state index in [1.54, 1.807) is 12.1 Å². The molecule has 0 fully saturated rings. The highest BCUT2D eigenvalue weighted by molar-refractivity contribution is 5.38. The molecule has 2 N–H and O–H groups in total. The van der Waals surface area contributed by atoms with E-state index in [9.17, 15) is 4.39 Å². The normalized spacial score (nSPS) is 14.2. The van der Waals surface area contributed by atoms with Crippen LogP contribution in [0.3, 0.4) is 0 Å². The molecule has 0 aliphatic heterocycles. The first-order valence-electron chi connectivity index (χ1n) is 6.50. The second-order valence-electron chi connectivity index (χ2n) is 5.47. The maximum absolute atomic E-state index is 13.2. The molecule has 0 aromatic heterocycles. The fourth-order valence-electron chi connectivity index (χ4n) is 2.54. The number of hydrogen-bond acceptors (Lipinski definition) is 1. The summed E-state index contributed by atoms with van der Waals surface area (Å²) in [7, 11) is 0. The van der Waals surface area contributed by atoms with Gasteiger partial charge in [-0.25, -0.2) is 4.39 Å². The zero-order chi connectivity index (χ0) is 14.0. The van der Waals surface area contributed by atoms with Crippen LogP contribution in [0.4, 0.5) is 4.39 Å². The van der Waals surface area contributed by atoms with Crippen LogP contribution < -0.4 is 5.73 Å². The van der Waals surface area contributed by atoms with E-state index in [1.165, 1.54) is 17.2 Å². The van der Waals surface area contributed by atoms with E-state index in [-0.39, 0.29) is 5.82 Å². The highest BCUT2D eigenvalue weighted by atomic mass is 19.1. The molecule has 0 aliphatic rings. The summed E-state index contributed by atoms with van der Waals surface area (Å²) >= 11 is 0. The zero-order valence-corrected chi connectivity index (χ0v) is 11.7. The van der Waals surface area contributed by atoms with Gasteiger partial charge in [-0.15, -0.1) is 0 Å². The molecule has 0 saturated heterocycles. The Bertz CT molecular complexity index is 588. The van der Waals surface area contributed by atoms with Crippen LogP contribution in [0.15, 0.2) is 42.5 Å². The van der Waals surface area contributed by atoms with Gasteiger partial charge < -0.3 is 5.73 Å². The second-order valence-corrected chi connectivity index (χ2v) is 5.47. The summed E-state index contributed by atoms with van der Waals surface area (Å²) in [5.74, 6) is -0.214. The molecule has 2 aromatic rings. The Hall–Kier alpha value is -1.67. The Balaban J connectivity index is 2.34. The molecule has 1 nitrogen and oxygen atoms in total. The van der Waals surface area contributed by atoms with Gasteiger partial charge in [0.25, 0.3) is 0 Å². The van der Waals surface area contributed by atoms with Gasteiger partial charge in [0.2, 0.25) is 0 Å². The van der Waals surface area contributed by atoms with Crippen LogP contribution >= 0.6 is 0 Å². The number of rotatable bonds is 3. The van der Waals surface area contributed by atoms with Crippen molar-refractivity contribution < 1.29 is 4.39 Å². The van der Waals surface area contributed by atoms with Crippen molar-refractivity contribution in [2.75, 3.05) is 0 Å². The van der Waals surface area contributed by atoms with Crippen LogP contribution in [-0.2, 0) is 12.0 Å². The maximum atomic E-state index is 13.2. The quantitative estimate of drug-likeness (QED) is 0.887. The number of aryl methyl sites for hydroxylation is 1. The molecule has 2 heteroatoms. The molecule has 1 unspecified atom stereocenters. The summed E-state index contributed by atoms with van der Waals surface area (Å²) in [6.45, 7) is 6.16. The average Bonchev–Trinajstić information content (AvgIpc) is 2.32. The van der Waals surface area contributed by atoms with E-state index in [1.807, 2.05) is 19.1 Å². The Kier molecular flexibility index (Phi) is 3.72. The first-order valence-corrected chi connectivity index (χ1v) is 6.50. The molecule has 2 rings (SSSR count). The Morgan fingerprint density at radius 3 is 2.47 bits per heavy atom. The topological polar surface area (TPSA) is 26.0 Å². The van der Waals surface area contributed by atoms with Crippen molar-refractivity contribution in [3.05, 3.63) is 70.5 Å². The van der Waals surface area contributed by atoms with Gasteiger partial charge in [-0.2, -0.15) is 0 Å². The first-order chi connectivity index (χ1) is 8.90. The average molecular weight is 257 g/mol. The zero-order valence-electron chi connectivity index (χ0n) is 11.7. The van der Waals surface area contributed by atoms with Gasteiger partial charge in [0.1, 0.15) is 5.82 Å². The monoisotopic (exact) mass is 257 g/mol. The molecular weight excluding hydrogens is 237 g/mol. The van der Waals surface area contributed by atoms with Crippen LogP contribution in [0.1, 0.15) is 29.2 Å². The molecular formula is C17H20FN. The summed E-state index contributed by atoms with van der Waals surface area (Å²) in [5, 5.41) is 0. The Morgan fingerprint density at radius 2 is 1.79 bits per heavy atom. The lowest BCUT2D eigenvalue weighted by atomic mass is 9.83. The van der Waals surface area contributed by atoms with Crippen LogP contribution in [0.25, 0.3) is 0 Å². The number of hydrogen-bond donors (Lipinski definition) is 1. The molecule has 0 aliphatic carbocycles. The second kappa shape index (κ2) is 5.14. The maximum Gasteiger partial charge on any atom is 0.123 e. The van der Waals surface area contributed by atoms with Crippen LogP contribution in [0.2, 0.25) is 0 Å². The number of benzene rings is 2. The van der Waals surface area contributed by atoms with Crippen LogP contribution in [-0.4, -0.2) is 0 Å². The van der Waals surface area contributed by atoms with Crippen molar-refractivity contribution in [1.82, 2.24) is 0 Å². The molecule has 0 saturated carbocycles. The van der Waals surface area contributed by atoms with Crippen molar-refractivity contribution in [3.8, 4) is 0 Å². The van der Waals surface area contributed by atoms with Gasteiger partial charge in [-0.3, -0.25) is 0 Å². The van der Waals surface area contributed by atoms with Gasteiger partial charge in [0, 0.05) is 5.54 Å².